The smallest absolute Gasteiger partial charge is 0.224 e. The van der Waals surface area contributed by atoms with E-state index < -0.39 is 9.84 Å². The predicted molar refractivity (Wildman–Crippen MR) is 105 cm³/mol. The first-order chi connectivity index (χ1) is 13.1. The largest absolute Gasteiger partial charge is 0.378 e. The molecule has 1 unspecified atom stereocenters. The monoisotopic (exact) mass is 389 g/mol. The first kappa shape index (κ1) is 18.0. The molecule has 2 aliphatic rings. The van der Waals surface area contributed by atoms with Crippen LogP contribution >= 0.6 is 0 Å². The van der Waals surface area contributed by atoms with Gasteiger partial charge in [-0.3, -0.25) is 0 Å². The summed E-state index contributed by atoms with van der Waals surface area (Å²) in [5.41, 5.74) is 2.07. The van der Waals surface area contributed by atoms with Crippen LogP contribution in [0.5, 0.6) is 0 Å². The van der Waals surface area contributed by atoms with Crippen LogP contribution < -0.4 is 15.5 Å². The van der Waals surface area contributed by atoms with E-state index in [1.54, 1.807) is 12.3 Å². The third-order valence-electron chi connectivity index (χ3n) is 4.74. The van der Waals surface area contributed by atoms with Gasteiger partial charge in [0.15, 0.2) is 9.84 Å². The highest BCUT2D eigenvalue weighted by Crippen LogP contribution is 2.29. The number of hydrogen-bond donors (Lipinski definition) is 2. The molecule has 2 N–H and O–H groups in total. The number of benzene rings is 1. The standard InChI is InChI=1S/C18H23N5O3S/c24-27(25)12-6-14(13-27)20-18-19-7-5-17(22-18)21-15-3-1-2-4-16(15)23-8-10-26-11-9-23/h1-5,7,14H,6,8-13H2,(H2,19,20,21,22). The fourth-order valence-corrected chi connectivity index (χ4v) is 5.06. The van der Waals surface area contributed by atoms with E-state index in [4.69, 9.17) is 4.74 Å². The van der Waals surface area contributed by atoms with E-state index in [0.717, 1.165) is 37.7 Å². The number of morpholine rings is 1. The van der Waals surface area contributed by atoms with Gasteiger partial charge in [-0.05, 0) is 24.6 Å². The molecule has 2 fully saturated rings. The van der Waals surface area contributed by atoms with Gasteiger partial charge in [-0.1, -0.05) is 12.1 Å². The molecule has 0 aliphatic carbocycles. The normalized spacial score (nSPS) is 21.8. The zero-order chi connectivity index (χ0) is 18.7. The Morgan fingerprint density at radius 1 is 1.15 bits per heavy atom. The third kappa shape index (κ3) is 4.48. The lowest BCUT2D eigenvalue weighted by atomic mass is 10.2. The summed E-state index contributed by atoms with van der Waals surface area (Å²) in [4.78, 5) is 11.0. The van der Waals surface area contributed by atoms with Gasteiger partial charge in [0.2, 0.25) is 5.95 Å². The van der Waals surface area contributed by atoms with Crippen molar-refractivity contribution in [3.05, 3.63) is 36.5 Å². The molecule has 1 aromatic carbocycles. The average molecular weight is 389 g/mol. The van der Waals surface area contributed by atoms with Crippen LogP contribution in [0.4, 0.5) is 23.1 Å². The van der Waals surface area contributed by atoms with E-state index in [-0.39, 0.29) is 17.5 Å². The van der Waals surface area contributed by atoms with Crippen LogP contribution in [0.2, 0.25) is 0 Å². The number of ether oxygens (including phenoxy) is 1. The van der Waals surface area contributed by atoms with E-state index in [0.29, 0.717) is 18.2 Å². The second-order valence-electron chi connectivity index (χ2n) is 6.75. The average Bonchev–Trinajstić information content (AvgIpc) is 3.01. The number of para-hydroxylation sites is 2. The van der Waals surface area contributed by atoms with Crippen LogP contribution in [0.15, 0.2) is 36.5 Å². The van der Waals surface area contributed by atoms with Crippen molar-refractivity contribution in [2.24, 2.45) is 0 Å². The number of anilines is 4. The highest BCUT2D eigenvalue weighted by Gasteiger charge is 2.28. The van der Waals surface area contributed by atoms with Gasteiger partial charge in [0.25, 0.3) is 0 Å². The lowest BCUT2D eigenvalue weighted by molar-refractivity contribution is 0.123. The fourth-order valence-electron chi connectivity index (χ4n) is 3.39. The molecule has 1 aromatic heterocycles. The molecule has 2 saturated heterocycles. The van der Waals surface area contributed by atoms with E-state index >= 15 is 0 Å². The number of aromatic nitrogens is 2. The summed E-state index contributed by atoms with van der Waals surface area (Å²) >= 11 is 0. The number of hydrogen-bond acceptors (Lipinski definition) is 8. The fraction of sp³-hybridized carbons (Fsp3) is 0.444. The molecule has 0 amide bonds. The molecule has 27 heavy (non-hydrogen) atoms. The maximum Gasteiger partial charge on any atom is 0.224 e. The predicted octanol–water partition coefficient (Wildman–Crippen LogP) is 1.66. The molecule has 0 spiro atoms. The molecule has 144 valence electrons. The van der Waals surface area contributed by atoms with Crippen LogP contribution in [0, 0.1) is 0 Å². The number of sulfone groups is 1. The Bertz CT molecular complexity index is 899. The molecule has 8 nitrogen and oxygen atoms in total. The number of nitrogens with zero attached hydrogens (tertiary/aromatic N) is 3. The van der Waals surface area contributed by atoms with Gasteiger partial charge in [0, 0.05) is 25.3 Å². The van der Waals surface area contributed by atoms with E-state index in [9.17, 15) is 8.42 Å². The van der Waals surface area contributed by atoms with Crippen molar-refractivity contribution < 1.29 is 13.2 Å². The van der Waals surface area contributed by atoms with Crippen molar-refractivity contribution in [3.8, 4) is 0 Å². The summed E-state index contributed by atoms with van der Waals surface area (Å²) in [6, 6.07) is 9.76. The van der Waals surface area contributed by atoms with Crippen LogP contribution in [0.25, 0.3) is 0 Å². The molecule has 2 aromatic rings. The second-order valence-corrected chi connectivity index (χ2v) is 8.98. The van der Waals surface area contributed by atoms with Gasteiger partial charge in [-0.2, -0.15) is 4.98 Å². The lowest BCUT2D eigenvalue weighted by Gasteiger charge is -2.30. The van der Waals surface area contributed by atoms with Gasteiger partial charge in [-0.15, -0.1) is 0 Å². The van der Waals surface area contributed by atoms with Crippen LogP contribution in [-0.4, -0.2) is 62.2 Å². The van der Waals surface area contributed by atoms with E-state index in [1.165, 1.54) is 0 Å². The molecule has 1 atom stereocenters. The van der Waals surface area contributed by atoms with Crippen molar-refractivity contribution >= 4 is 33.0 Å². The maximum absolute atomic E-state index is 11.6. The Hall–Kier alpha value is -2.39. The van der Waals surface area contributed by atoms with Crippen molar-refractivity contribution in [1.29, 1.82) is 0 Å². The quantitative estimate of drug-likeness (QED) is 0.797. The SMILES string of the molecule is O=S1(=O)CCC(Nc2nccc(Nc3ccccc3N3CCOCC3)n2)C1. The molecular formula is C18H23N5O3S. The zero-order valence-electron chi connectivity index (χ0n) is 15.0. The van der Waals surface area contributed by atoms with Gasteiger partial charge in [0.05, 0.1) is 36.1 Å². The van der Waals surface area contributed by atoms with Crippen molar-refractivity contribution in [2.45, 2.75) is 12.5 Å². The van der Waals surface area contributed by atoms with Gasteiger partial charge < -0.3 is 20.3 Å². The summed E-state index contributed by atoms with van der Waals surface area (Å²) in [5, 5.41) is 6.49. The maximum atomic E-state index is 11.6. The van der Waals surface area contributed by atoms with E-state index in [1.807, 2.05) is 18.2 Å². The highest BCUT2D eigenvalue weighted by atomic mass is 32.2. The van der Waals surface area contributed by atoms with Gasteiger partial charge >= 0.3 is 0 Å². The minimum atomic E-state index is -2.94. The van der Waals surface area contributed by atoms with Crippen LogP contribution in [-0.2, 0) is 14.6 Å². The molecule has 0 saturated carbocycles. The minimum absolute atomic E-state index is 0.133. The number of nitrogens with one attached hydrogen (secondary N) is 2. The topological polar surface area (TPSA) is 96.5 Å². The summed E-state index contributed by atoms with van der Waals surface area (Å²) in [5.74, 6) is 1.45. The summed E-state index contributed by atoms with van der Waals surface area (Å²) in [6.45, 7) is 3.15. The lowest BCUT2D eigenvalue weighted by Crippen LogP contribution is -2.36. The summed E-state index contributed by atoms with van der Waals surface area (Å²) < 4.78 is 28.7. The summed E-state index contributed by atoms with van der Waals surface area (Å²) in [6.07, 6.45) is 2.25. The summed E-state index contributed by atoms with van der Waals surface area (Å²) in [7, 11) is -2.94. The Morgan fingerprint density at radius 2 is 1.96 bits per heavy atom. The Morgan fingerprint density at radius 3 is 2.74 bits per heavy atom. The van der Waals surface area contributed by atoms with Gasteiger partial charge in [-0.25, -0.2) is 13.4 Å². The Kier molecular flexibility index (Phi) is 5.13. The van der Waals surface area contributed by atoms with Gasteiger partial charge in [0.1, 0.15) is 5.82 Å². The van der Waals surface area contributed by atoms with Crippen molar-refractivity contribution in [3.63, 3.8) is 0 Å². The first-order valence-corrected chi connectivity index (χ1v) is 10.9. The van der Waals surface area contributed by atoms with Crippen molar-refractivity contribution in [1.82, 2.24) is 9.97 Å². The molecule has 0 bridgehead atoms. The second kappa shape index (κ2) is 7.69. The zero-order valence-corrected chi connectivity index (χ0v) is 15.8. The Labute approximate surface area is 158 Å². The third-order valence-corrected chi connectivity index (χ3v) is 6.51. The highest BCUT2D eigenvalue weighted by molar-refractivity contribution is 7.91. The molecular weight excluding hydrogens is 366 g/mol. The molecule has 9 heteroatoms. The minimum Gasteiger partial charge on any atom is -0.378 e. The Balaban J connectivity index is 1.49. The van der Waals surface area contributed by atoms with Crippen molar-refractivity contribution in [2.75, 3.05) is 53.3 Å². The first-order valence-electron chi connectivity index (χ1n) is 9.08. The van der Waals surface area contributed by atoms with Crippen LogP contribution in [0.3, 0.4) is 0 Å². The molecule has 3 heterocycles. The van der Waals surface area contributed by atoms with Crippen LogP contribution in [0.1, 0.15) is 6.42 Å². The number of rotatable bonds is 5. The molecule has 2 aliphatic heterocycles. The molecule has 4 rings (SSSR count). The molecule has 0 radical (unpaired) electrons. The van der Waals surface area contributed by atoms with E-state index in [2.05, 4.69) is 31.6 Å².